The molecule has 4 atom stereocenters. The Morgan fingerprint density at radius 1 is 1.08 bits per heavy atom. The quantitative estimate of drug-likeness (QED) is 0.559. The molecule has 0 aromatic heterocycles. The number of hydrogen-bond donors (Lipinski definition) is 0. The lowest BCUT2D eigenvalue weighted by Crippen LogP contribution is -2.83. The van der Waals surface area contributed by atoms with E-state index in [2.05, 4.69) is 0 Å². The number of fused-ring (bicyclic) bond motifs is 4. The lowest BCUT2D eigenvalue weighted by Gasteiger charge is -2.70. The van der Waals surface area contributed by atoms with Gasteiger partial charge in [0.25, 0.3) is 0 Å². The molecule has 0 amide bonds. The van der Waals surface area contributed by atoms with E-state index in [-0.39, 0.29) is 25.2 Å². The van der Waals surface area contributed by atoms with E-state index in [9.17, 15) is 19.2 Å². The van der Waals surface area contributed by atoms with Crippen molar-refractivity contribution in [2.45, 2.75) is 58.0 Å². The van der Waals surface area contributed by atoms with Crippen LogP contribution in [0.5, 0.6) is 0 Å². The monoisotopic (exact) mass is 352 g/mol. The predicted octanol–water partition coefficient (Wildman–Crippen LogP) is 1.56. The molecule has 25 heavy (non-hydrogen) atoms. The Morgan fingerprint density at radius 3 is 2.32 bits per heavy atom. The van der Waals surface area contributed by atoms with Crippen LogP contribution in [0.2, 0.25) is 0 Å². The standard InChI is InChI=1S/C18H24O7/c1-4-24-15(22)16-8-5-6-9-18(16,25-11(2)19)17(14(21)23-3)10-7-12(20)13(16)17/h13H,4-10H2,1-3H3/t13-,16-,17-,18+/m0/s1. The van der Waals surface area contributed by atoms with Crippen molar-refractivity contribution < 1.29 is 33.4 Å². The molecule has 0 heterocycles. The van der Waals surface area contributed by atoms with Crippen molar-refractivity contribution >= 4 is 23.7 Å². The number of carbonyl (C=O) groups excluding carboxylic acids is 4. The highest BCUT2D eigenvalue weighted by molar-refractivity contribution is 6.04. The minimum Gasteiger partial charge on any atom is -0.468 e. The molecule has 3 aliphatic carbocycles. The molecule has 138 valence electrons. The third-order valence-electron chi connectivity index (χ3n) is 6.37. The molecule has 0 spiro atoms. The Balaban J connectivity index is 2.23. The molecule has 0 saturated heterocycles. The van der Waals surface area contributed by atoms with Gasteiger partial charge in [0.2, 0.25) is 0 Å². The average molecular weight is 352 g/mol. The van der Waals surface area contributed by atoms with Gasteiger partial charge in [-0.25, -0.2) is 0 Å². The summed E-state index contributed by atoms with van der Waals surface area (Å²) in [5.41, 5.74) is -3.92. The van der Waals surface area contributed by atoms with E-state index in [1.165, 1.54) is 14.0 Å². The van der Waals surface area contributed by atoms with Gasteiger partial charge in [-0.1, -0.05) is 6.42 Å². The molecule has 0 N–H and O–H groups in total. The van der Waals surface area contributed by atoms with Gasteiger partial charge >= 0.3 is 17.9 Å². The van der Waals surface area contributed by atoms with E-state index in [0.29, 0.717) is 25.7 Å². The van der Waals surface area contributed by atoms with Crippen molar-refractivity contribution in [1.29, 1.82) is 0 Å². The van der Waals surface area contributed by atoms with Gasteiger partial charge in [-0.05, 0) is 32.6 Å². The summed E-state index contributed by atoms with van der Waals surface area (Å²) in [5.74, 6) is -2.69. The van der Waals surface area contributed by atoms with Gasteiger partial charge in [0.05, 0.1) is 19.6 Å². The summed E-state index contributed by atoms with van der Waals surface area (Å²) in [6.07, 6.45) is 2.54. The van der Waals surface area contributed by atoms with Crippen LogP contribution in [-0.4, -0.2) is 43.0 Å². The molecule has 0 radical (unpaired) electrons. The predicted molar refractivity (Wildman–Crippen MR) is 84.2 cm³/mol. The molecule has 7 nitrogen and oxygen atoms in total. The molecular formula is C18H24O7. The van der Waals surface area contributed by atoms with E-state index in [4.69, 9.17) is 14.2 Å². The van der Waals surface area contributed by atoms with Gasteiger partial charge in [-0.3, -0.25) is 19.2 Å². The fourth-order valence-electron chi connectivity index (χ4n) is 5.83. The van der Waals surface area contributed by atoms with E-state index >= 15 is 0 Å². The van der Waals surface area contributed by atoms with Crippen LogP contribution in [-0.2, 0) is 33.4 Å². The number of methoxy groups -OCH3 is 1. The summed E-state index contributed by atoms with van der Waals surface area (Å²) < 4.78 is 16.1. The molecule has 3 rings (SSSR count). The number of rotatable bonds is 4. The van der Waals surface area contributed by atoms with Crippen LogP contribution < -0.4 is 0 Å². The first-order valence-electron chi connectivity index (χ1n) is 8.82. The molecule has 0 aromatic rings. The minimum atomic E-state index is -1.36. The Morgan fingerprint density at radius 2 is 1.72 bits per heavy atom. The van der Waals surface area contributed by atoms with Crippen LogP contribution in [0.3, 0.4) is 0 Å². The van der Waals surface area contributed by atoms with Crippen LogP contribution in [0.25, 0.3) is 0 Å². The van der Waals surface area contributed by atoms with E-state index < -0.39 is 40.3 Å². The number of Topliss-reactive ketones (excluding diaryl/α,β-unsaturated/α-hetero) is 1. The zero-order chi connectivity index (χ0) is 18.5. The molecule has 3 fully saturated rings. The van der Waals surface area contributed by atoms with Gasteiger partial charge in [0.15, 0.2) is 0 Å². The van der Waals surface area contributed by atoms with Gasteiger partial charge in [-0.15, -0.1) is 0 Å². The molecule has 0 aromatic carbocycles. The molecule has 0 aliphatic heterocycles. The number of esters is 3. The summed E-state index contributed by atoms with van der Waals surface area (Å²) in [5, 5.41) is 0. The molecule has 0 unspecified atom stereocenters. The first kappa shape index (κ1) is 17.9. The molecule has 7 heteroatoms. The third-order valence-corrected chi connectivity index (χ3v) is 6.37. The SMILES string of the molecule is CCOC(=O)[C@@]12CCCC[C@]1(OC(C)=O)[C@@]1(C(=O)OC)CCC(=O)[C@H]12. The zero-order valence-corrected chi connectivity index (χ0v) is 14.9. The maximum atomic E-state index is 13.0. The Labute approximate surface area is 146 Å². The van der Waals surface area contributed by atoms with Crippen LogP contribution in [0.1, 0.15) is 52.4 Å². The summed E-state index contributed by atoms with van der Waals surface area (Å²) in [7, 11) is 1.26. The average Bonchev–Trinajstić information content (AvgIpc) is 2.88. The molecule has 0 bridgehead atoms. The van der Waals surface area contributed by atoms with Crippen molar-refractivity contribution in [3.8, 4) is 0 Å². The van der Waals surface area contributed by atoms with Crippen molar-refractivity contribution in [3.05, 3.63) is 0 Å². The minimum absolute atomic E-state index is 0.150. The maximum Gasteiger partial charge on any atom is 0.316 e. The second kappa shape index (κ2) is 5.81. The molecule has 3 aliphatic rings. The lowest BCUT2D eigenvalue weighted by molar-refractivity contribution is -0.312. The summed E-state index contributed by atoms with van der Waals surface area (Å²) in [6, 6.07) is 0. The maximum absolute atomic E-state index is 13.0. The normalized spacial score (nSPS) is 38.8. The number of hydrogen-bond acceptors (Lipinski definition) is 7. The van der Waals surface area contributed by atoms with Gasteiger partial charge in [-0.2, -0.15) is 0 Å². The first-order valence-corrected chi connectivity index (χ1v) is 8.82. The van der Waals surface area contributed by atoms with E-state index in [1.54, 1.807) is 6.92 Å². The highest BCUT2D eigenvalue weighted by Crippen LogP contribution is 2.78. The Hall–Kier alpha value is -1.92. The topological polar surface area (TPSA) is 96.0 Å². The number of ketones is 1. The van der Waals surface area contributed by atoms with Gasteiger partial charge in [0.1, 0.15) is 22.2 Å². The van der Waals surface area contributed by atoms with Crippen molar-refractivity contribution in [2.75, 3.05) is 13.7 Å². The zero-order valence-electron chi connectivity index (χ0n) is 14.9. The third kappa shape index (κ3) is 1.87. The largest absolute Gasteiger partial charge is 0.468 e. The highest BCUT2D eigenvalue weighted by atomic mass is 16.6. The fraction of sp³-hybridized carbons (Fsp3) is 0.778. The number of carbonyl (C=O) groups is 4. The van der Waals surface area contributed by atoms with Crippen LogP contribution in [0.15, 0.2) is 0 Å². The van der Waals surface area contributed by atoms with Gasteiger partial charge < -0.3 is 14.2 Å². The molecular weight excluding hydrogens is 328 g/mol. The second-order valence-corrected chi connectivity index (χ2v) is 7.18. The van der Waals surface area contributed by atoms with Crippen molar-refractivity contribution in [2.24, 2.45) is 16.7 Å². The highest BCUT2D eigenvalue weighted by Gasteiger charge is 2.91. The lowest BCUT2D eigenvalue weighted by atomic mass is 9.33. The van der Waals surface area contributed by atoms with Crippen molar-refractivity contribution in [3.63, 3.8) is 0 Å². The van der Waals surface area contributed by atoms with Crippen LogP contribution >= 0.6 is 0 Å². The fourth-order valence-corrected chi connectivity index (χ4v) is 5.83. The first-order chi connectivity index (χ1) is 11.8. The Kier molecular flexibility index (Phi) is 4.16. The smallest absolute Gasteiger partial charge is 0.316 e. The second-order valence-electron chi connectivity index (χ2n) is 7.18. The van der Waals surface area contributed by atoms with E-state index in [1.807, 2.05) is 0 Å². The van der Waals surface area contributed by atoms with Gasteiger partial charge in [0, 0.05) is 13.3 Å². The Bertz CT molecular complexity index is 641. The number of ether oxygens (including phenoxy) is 3. The van der Waals surface area contributed by atoms with E-state index in [0.717, 1.165) is 0 Å². The van der Waals surface area contributed by atoms with Crippen LogP contribution in [0.4, 0.5) is 0 Å². The van der Waals surface area contributed by atoms with Crippen LogP contribution in [0, 0.1) is 16.7 Å². The molecule has 3 saturated carbocycles. The van der Waals surface area contributed by atoms with Crippen molar-refractivity contribution in [1.82, 2.24) is 0 Å². The summed E-state index contributed by atoms with van der Waals surface area (Å²) in [4.78, 5) is 50.4. The summed E-state index contributed by atoms with van der Waals surface area (Å²) >= 11 is 0. The summed E-state index contributed by atoms with van der Waals surface area (Å²) in [6.45, 7) is 3.10.